The molecule has 1 aliphatic carbocycles. The lowest BCUT2D eigenvalue weighted by Gasteiger charge is -2.09. The molecule has 1 aromatic heterocycles. The Kier molecular flexibility index (Phi) is 3.98. The number of rotatable bonds is 5. The van der Waals surface area contributed by atoms with Crippen molar-refractivity contribution < 1.29 is 18.3 Å². The number of amides is 1. The molecule has 1 amide bonds. The van der Waals surface area contributed by atoms with Crippen LogP contribution in [0.1, 0.15) is 16.8 Å². The summed E-state index contributed by atoms with van der Waals surface area (Å²) < 4.78 is 30.8. The number of nitrogens with zero attached hydrogens (tertiary/aromatic N) is 1. The van der Waals surface area contributed by atoms with Crippen LogP contribution in [0.15, 0.2) is 42.7 Å². The summed E-state index contributed by atoms with van der Waals surface area (Å²) in [6, 6.07) is 8.73. The highest BCUT2D eigenvalue weighted by Gasteiger charge is 2.56. The molecular weight excluding hydrogens is 302 g/mol. The van der Waals surface area contributed by atoms with Crippen molar-refractivity contribution in [1.29, 1.82) is 0 Å². The van der Waals surface area contributed by atoms with Gasteiger partial charge in [-0.15, -0.1) is 0 Å². The minimum absolute atomic E-state index is 0.00572. The largest absolute Gasteiger partial charge is 0.494 e. The van der Waals surface area contributed by atoms with Gasteiger partial charge in [0.05, 0.1) is 13.3 Å². The molecule has 1 aromatic carbocycles. The van der Waals surface area contributed by atoms with Crippen molar-refractivity contribution in [2.75, 3.05) is 13.7 Å². The third kappa shape index (κ3) is 3.31. The molecule has 2 aromatic rings. The van der Waals surface area contributed by atoms with Gasteiger partial charge in [0.25, 0.3) is 11.8 Å². The molecule has 0 aliphatic heterocycles. The molecule has 0 spiro atoms. The molecule has 1 unspecified atom stereocenters. The summed E-state index contributed by atoms with van der Waals surface area (Å²) >= 11 is 0. The number of ether oxygens (including phenoxy) is 1. The normalized spacial score (nSPS) is 18.3. The average Bonchev–Trinajstić information content (AvgIpc) is 3.19. The Morgan fingerprint density at radius 2 is 2.04 bits per heavy atom. The van der Waals surface area contributed by atoms with Gasteiger partial charge in [-0.1, -0.05) is 12.1 Å². The number of benzene rings is 1. The number of hydrogen-bond donors (Lipinski definition) is 1. The molecule has 1 heterocycles. The third-order valence-corrected chi connectivity index (χ3v) is 3.93. The predicted molar refractivity (Wildman–Crippen MR) is 81.6 cm³/mol. The van der Waals surface area contributed by atoms with E-state index in [9.17, 15) is 13.6 Å². The van der Waals surface area contributed by atoms with Gasteiger partial charge in [-0.05, 0) is 23.8 Å². The third-order valence-electron chi connectivity index (χ3n) is 3.93. The summed E-state index contributed by atoms with van der Waals surface area (Å²) in [6.07, 6.45) is 3.13. The highest BCUT2D eigenvalue weighted by Crippen LogP contribution is 2.47. The Hall–Kier alpha value is -2.50. The number of hydrogen-bond acceptors (Lipinski definition) is 3. The molecule has 0 bridgehead atoms. The zero-order valence-electron chi connectivity index (χ0n) is 12.6. The standard InChI is InChI=1S/C17H16F2N2O2/c1-23-15-10-20-7-6-14(15)11-2-4-12(5-3-11)16(22)21-9-13-8-17(13,18)19/h2-7,10,13H,8-9H2,1H3,(H,21,22). The fourth-order valence-electron chi connectivity index (χ4n) is 2.39. The van der Waals surface area contributed by atoms with Crippen LogP contribution in [-0.2, 0) is 0 Å². The van der Waals surface area contributed by atoms with Gasteiger partial charge < -0.3 is 10.1 Å². The number of carbonyl (C=O) groups is 1. The number of carbonyl (C=O) groups excluding carboxylic acids is 1. The van der Waals surface area contributed by atoms with Gasteiger partial charge in [-0.3, -0.25) is 9.78 Å². The number of halogens is 2. The summed E-state index contributed by atoms with van der Waals surface area (Å²) in [4.78, 5) is 16.0. The van der Waals surface area contributed by atoms with E-state index in [-0.39, 0.29) is 18.9 Å². The molecule has 120 valence electrons. The number of pyridine rings is 1. The Bertz CT molecular complexity index is 717. The highest BCUT2D eigenvalue weighted by molar-refractivity contribution is 5.94. The monoisotopic (exact) mass is 318 g/mol. The number of alkyl halides is 2. The van der Waals surface area contributed by atoms with E-state index >= 15 is 0 Å². The molecule has 23 heavy (non-hydrogen) atoms. The second-order valence-corrected chi connectivity index (χ2v) is 5.53. The van der Waals surface area contributed by atoms with Crippen LogP contribution in [-0.4, -0.2) is 30.5 Å². The van der Waals surface area contributed by atoms with Crippen LogP contribution in [0.4, 0.5) is 8.78 Å². The van der Waals surface area contributed by atoms with Gasteiger partial charge in [-0.2, -0.15) is 0 Å². The van der Waals surface area contributed by atoms with E-state index in [0.29, 0.717) is 11.3 Å². The first-order valence-electron chi connectivity index (χ1n) is 7.26. The molecule has 3 rings (SSSR count). The summed E-state index contributed by atoms with van der Waals surface area (Å²) in [6.45, 7) is 0.00572. The molecule has 4 nitrogen and oxygen atoms in total. The Morgan fingerprint density at radius 1 is 1.35 bits per heavy atom. The minimum atomic E-state index is -2.62. The Balaban J connectivity index is 1.68. The van der Waals surface area contributed by atoms with Crippen LogP contribution >= 0.6 is 0 Å². The van der Waals surface area contributed by atoms with Crippen molar-refractivity contribution in [3.63, 3.8) is 0 Å². The second-order valence-electron chi connectivity index (χ2n) is 5.53. The SMILES string of the molecule is COc1cnccc1-c1ccc(C(=O)NCC2CC2(F)F)cc1. The summed E-state index contributed by atoms with van der Waals surface area (Å²) in [5.41, 5.74) is 2.19. The van der Waals surface area contributed by atoms with Gasteiger partial charge in [0, 0.05) is 36.2 Å². The molecular formula is C17H16F2N2O2. The van der Waals surface area contributed by atoms with Gasteiger partial charge in [0.1, 0.15) is 5.75 Å². The van der Waals surface area contributed by atoms with Gasteiger partial charge >= 0.3 is 0 Å². The first-order valence-corrected chi connectivity index (χ1v) is 7.26. The number of nitrogens with one attached hydrogen (secondary N) is 1. The molecule has 1 saturated carbocycles. The highest BCUT2D eigenvalue weighted by atomic mass is 19.3. The zero-order chi connectivity index (χ0) is 16.4. The van der Waals surface area contributed by atoms with E-state index in [1.165, 1.54) is 0 Å². The smallest absolute Gasteiger partial charge is 0.253 e. The van der Waals surface area contributed by atoms with Crippen LogP contribution in [0.2, 0.25) is 0 Å². The van der Waals surface area contributed by atoms with E-state index < -0.39 is 11.8 Å². The average molecular weight is 318 g/mol. The van der Waals surface area contributed by atoms with E-state index in [4.69, 9.17) is 4.74 Å². The Morgan fingerprint density at radius 3 is 2.65 bits per heavy atom. The maximum absolute atomic E-state index is 12.8. The zero-order valence-corrected chi connectivity index (χ0v) is 12.6. The fraction of sp³-hybridized carbons (Fsp3) is 0.294. The van der Waals surface area contributed by atoms with E-state index in [1.807, 2.05) is 6.07 Å². The quantitative estimate of drug-likeness (QED) is 0.921. The lowest BCUT2D eigenvalue weighted by Crippen LogP contribution is -2.26. The maximum atomic E-state index is 12.8. The van der Waals surface area contributed by atoms with Crippen molar-refractivity contribution in [2.24, 2.45) is 5.92 Å². The number of methoxy groups -OCH3 is 1. The van der Waals surface area contributed by atoms with Crippen LogP contribution < -0.4 is 10.1 Å². The maximum Gasteiger partial charge on any atom is 0.253 e. The van der Waals surface area contributed by atoms with Crippen LogP contribution in [0.3, 0.4) is 0 Å². The Labute approximate surface area is 132 Å². The molecule has 1 aliphatic rings. The lowest BCUT2D eigenvalue weighted by molar-refractivity contribution is 0.0895. The first kappa shape index (κ1) is 15.4. The van der Waals surface area contributed by atoms with Crippen molar-refractivity contribution in [2.45, 2.75) is 12.3 Å². The predicted octanol–water partition coefficient (Wildman–Crippen LogP) is 3.14. The second kappa shape index (κ2) is 5.95. The van der Waals surface area contributed by atoms with Crippen LogP contribution in [0.25, 0.3) is 11.1 Å². The molecule has 0 saturated heterocycles. The summed E-state index contributed by atoms with van der Waals surface area (Å²) in [7, 11) is 1.57. The summed E-state index contributed by atoms with van der Waals surface area (Å²) in [5, 5.41) is 2.54. The van der Waals surface area contributed by atoms with Gasteiger partial charge in [-0.25, -0.2) is 8.78 Å². The topological polar surface area (TPSA) is 51.2 Å². The van der Waals surface area contributed by atoms with Crippen molar-refractivity contribution >= 4 is 5.91 Å². The van der Waals surface area contributed by atoms with E-state index in [2.05, 4.69) is 10.3 Å². The van der Waals surface area contributed by atoms with E-state index in [0.717, 1.165) is 11.1 Å². The molecule has 6 heteroatoms. The number of aromatic nitrogens is 1. The molecule has 0 radical (unpaired) electrons. The molecule has 1 fully saturated rings. The van der Waals surface area contributed by atoms with Crippen LogP contribution in [0.5, 0.6) is 5.75 Å². The van der Waals surface area contributed by atoms with E-state index in [1.54, 1.807) is 43.8 Å². The van der Waals surface area contributed by atoms with Gasteiger partial charge in [0.15, 0.2) is 0 Å². The first-order chi connectivity index (χ1) is 11.0. The molecule has 1 atom stereocenters. The molecule has 1 N–H and O–H groups in total. The van der Waals surface area contributed by atoms with Gasteiger partial charge in [0.2, 0.25) is 0 Å². The van der Waals surface area contributed by atoms with Crippen molar-refractivity contribution in [1.82, 2.24) is 10.3 Å². The summed E-state index contributed by atoms with van der Waals surface area (Å²) in [5.74, 6) is -3.05. The minimum Gasteiger partial charge on any atom is -0.494 e. The van der Waals surface area contributed by atoms with Crippen molar-refractivity contribution in [3.05, 3.63) is 48.3 Å². The van der Waals surface area contributed by atoms with Crippen molar-refractivity contribution in [3.8, 4) is 16.9 Å². The fourth-order valence-corrected chi connectivity index (χ4v) is 2.39. The van der Waals surface area contributed by atoms with Crippen LogP contribution in [0, 0.1) is 5.92 Å². The lowest BCUT2D eigenvalue weighted by atomic mass is 10.0.